The molecule has 0 saturated carbocycles. The van der Waals surface area contributed by atoms with E-state index in [9.17, 15) is 9.59 Å². The first-order chi connectivity index (χ1) is 10.0. The normalized spacial score (nSPS) is 18.2. The molecule has 0 aromatic carbocycles. The van der Waals surface area contributed by atoms with Crippen LogP contribution in [0.25, 0.3) is 0 Å². The SMILES string of the molecule is CNC(=O)C1CCN(C(C)C(=O)Nc2cc(C)on2)CC1. The Bertz CT molecular complexity index is 506. The van der Waals surface area contributed by atoms with Gasteiger partial charge < -0.3 is 15.2 Å². The quantitative estimate of drug-likeness (QED) is 0.856. The molecule has 1 aliphatic heterocycles. The van der Waals surface area contributed by atoms with Gasteiger partial charge in [-0.05, 0) is 39.8 Å². The van der Waals surface area contributed by atoms with Crippen molar-refractivity contribution in [3.63, 3.8) is 0 Å². The van der Waals surface area contributed by atoms with Crippen LogP contribution >= 0.6 is 0 Å². The Labute approximate surface area is 124 Å². The van der Waals surface area contributed by atoms with E-state index in [1.54, 1.807) is 20.0 Å². The van der Waals surface area contributed by atoms with Crippen molar-refractivity contribution in [1.82, 2.24) is 15.4 Å². The van der Waals surface area contributed by atoms with Crippen LogP contribution in [0.3, 0.4) is 0 Å². The van der Waals surface area contributed by atoms with Crippen LogP contribution in [0.4, 0.5) is 5.82 Å². The molecule has 21 heavy (non-hydrogen) atoms. The minimum absolute atomic E-state index is 0.0553. The van der Waals surface area contributed by atoms with Gasteiger partial charge >= 0.3 is 0 Å². The van der Waals surface area contributed by atoms with Crippen molar-refractivity contribution in [2.45, 2.75) is 32.7 Å². The summed E-state index contributed by atoms with van der Waals surface area (Å²) >= 11 is 0. The van der Waals surface area contributed by atoms with Gasteiger partial charge in [0, 0.05) is 19.0 Å². The summed E-state index contributed by atoms with van der Waals surface area (Å²) in [4.78, 5) is 25.9. The van der Waals surface area contributed by atoms with Gasteiger partial charge in [-0.3, -0.25) is 14.5 Å². The second kappa shape index (κ2) is 6.71. The molecular formula is C14H22N4O3. The molecule has 0 spiro atoms. The van der Waals surface area contributed by atoms with Crippen molar-refractivity contribution in [2.24, 2.45) is 5.92 Å². The zero-order valence-corrected chi connectivity index (χ0v) is 12.7. The number of anilines is 1. The number of nitrogens with one attached hydrogen (secondary N) is 2. The number of carbonyl (C=O) groups excluding carboxylic acids is 2. The van der Waals surface area contributed by atoms with Crippen molar-refractivity contribution < 1.29 is 14.1 Å². The summed E-state index contributed by atoms with van der Waals surface area (Å²) in [5.74, 6) is 1.13. The first kappa shape index (κ1) is 15.5. The van der Waals surface area contributed by atoms with Crippen LogP contribution in [0.1, 0.15) is 25.5 Å². The number of rotatable bonds is 4. The number of aromatic nitrogens is 1. The summed E-state index contributed by atoms with van der Waals surface area (Å²) in [6, 6.07) is 1.43. The molecule has 1 aromatic rings. The van der Waals surface area contributed by atoms with Gasteiger partial charge in [-0.15, -0.1) is 0 Å². The number of aryl methyl sites for hydroxylation is 1. The zero-order chi connectivity index (χ0) is 15.4. The molecular weight excluding hydrogens is 272 g/mol. The molecule has 7 heteroatoms. The highest BCUT2D eigenvalue weighted by Crippen LogP contribution is 2.19. The summed E-state index contributed by atoms with van der Waals surface area (Å²) in [5, 5.41) is 9.17. The minimum Gasteiger partial charge on any atom is -0.360 e. The lowest BCUT2D eigenvalue weighted by atomic mass is 9.95. The van der Waals surface area contributed by atoms with Crippen molar-refractivity contribution in [3.8, 4) is 0 Å². The van der Waals surface area contributed by atoms with Crippen LogP contribution in [0.15, 0.2) is 10.6 Å². The molecule has 2 rings (SSSR count). The molecule has 1 fully saturated rings. The lowest BCUT2D eigenvalue weighted by Crippen LogP contribution is -2.47. The highest BCUT2D eigenvalue weighted by atomic mass is 16.5. The number of likely N-dealkylation sites (tertiary alicyclic amines) is 1. The second-order valence-electron chi connectivity index (χ2n) is 5.41. The van der Waals surface area contributed by atoms with E-state index in [1.165, 1.54) is 0 Å². The third-order valence-corrected chi connectivity index (χ3v) is 3.95. The number of carbonyl (C=O) groups is 2. The predicted octanol–water partition coefficient (Wildman–Crippen LogP) is 0.768. The number of hydrogen-bond acceptors (Lipinski definition) is 5. The van der Waals surface area contributed by atoms with E-state index in [-0.39, 0.29) is 23.8 Å². The highest BCUT2D eigenvalue weighted by Gasteiger charge is 2.29. The van der Waals surface area contributed by atoms with Gasteiger partial charge in [0.2, 0.25) is 11.8 Å². The molecule has 2 amide bonds. The van der Waals surface area contributed by atoms with Gasteiger partial charge in [-0.25, -0.2) is 0 Å². The van der Waals surface area contributed by atoms with E-state index >= 15 is 0 Å². The third-order valence-electron chi connectivity index (χ3n) is 3.95. The van der Waals surface area contributed by atoms with Crippen LogP contribution in [-0.2, 0) is 9.59 Å². The molecule has 2 N–H and O–H groups in total. The average molecular weight is 294 g/mol. The van der Waals surface area contributed by atoms with Gasteiger partial charge in [0.15, 0.2) is 5.82 Å². The largest absolute Gasteiger partial charge is 0.360 e. The van der Waals surface area contributed by atoms with Crippen molar-refractivity contribution in [2.75, 3.05) is 25.5 Å². The average Bonchev–Trinajstić information content (AvgIpc) is 2.90. The summed E-state index contributed by atoms with van der Waals surface area (Å²) in [6.45, 7) is 5.12. The van der Waals surface area contributed by atoms with E-state index < -0.39 is 0 Å². The Morgan fingerprint density at radius 1 is 1.43 bits per heavy atom. The number of piperidine rings is 1. The molecule has 1 unspecified atom stereocenters. The molecule has 2 heterocycles. The van der Waals surface area contributed by atoms with E-state index in [0.29, 0.717) is 11.6 Å². The molecule has 1 aliphatic rings. The monoisotopic (exact) mass is 294 g/mol. The van der Waals surface area contributed by atoms with Gasteiger partial charge in [-0.2, -0.15) is 0 Å². The van der Waals surface area contributed by atoms with Crippen LogP contribution in [0.5, 0.6) is 0 Å². The molecule has 1 aromatic heterocycles. The molecule has 1 atom stereocenters. The van der Waals surface area contributed by atoms with Crippen molar-refractivity contribution in [1.29, 1.82) is 0 Å². The van der Waals surface area contributed by atoms with Crippen molar-refractivity contribution in [3.05, 3.63) is 11.8 Å². The Morgan fingerprint density at radius 3 is 2.62 bits per heavy atom. The molecule has 0 bridgehead atoms. The van der Waals surface area contributed by atoms with Crippen molar-refractivity contribution >= 4 is 17.6 Å². The van der Waals surface area contributed by atoms with Crippen LogP contribution < -0.4 is 10.6 Å². The maximum Gasteiger partial charge on any atom is 0.242 e. The van der Waals surface area contributed by atoms with Crippen LogP contribution in [-0.4, -0.2) is 48.0 Å². The van der Waals surface area contributed by atoms with Gasteiger partial charge in [0.25, 0.3) is 0 Å². The standard InChI is InChI=1S/C14H22N4O3/c1-9-8-12(17-21-9)16-13(19)10(2)18-6-4-11(5-7-18)14(20)15-3/h8,10-11H,4-7H2,1-3H3,(H,15,20)(H,16,17,19). The molecule has 0 radical (unpaired) electrons. The predicted molar refractivity (Wildman–Crippen MR) is 77.7 cm³/mol. The van der Waals surface area contributed by atoms with Crippen LogP contribution in [0, 0.1) is 12.8 Å². The van der Waals surface area contributed by atoms with Gasteiger partial charge in [0.1, 0.15) is 5.76 Å². The lowest BCUT2D eigenvalue weighted by molar-refractivity contribution is -0.126. The van der Waals surface area contributed by atoms with Crippen LogP contribution in [0.2, 0.25) is 0 Å². The molecule has 1 saturated heterocycles. The number of amides is 2. The first-order valence-corrected chi connectivity index (χ1v) is 7.21. The number of hydrogen-bond donors (Lipinski definition) is 2. The van der Waals surface area contributed by atoms with E-state index in [1.807, 2.05) is 6.92 Å². The maximum absolute atomic E-state index is 12.2. The fourth-order valence-electron chi connectivity index (χ4n) is 2.57. The minimum atomic E-state index is -0.257. The fraction of sp³-hybridized carbons (Fsp3) is 0.643. The van der Waals surface area contributed by atoms with E-state index in [2.05, 4.69) is 20.7 Å². The topological polar surface area (TPSA) is 87.5 Å². The Balaban J connectivity index is 1.85. The van der Waals surface area contributed by atoms with Gasteiger partial charge in [-0.1, -0.05) is 5.16 Å². The first-order valence-electron chi connectivity index (χ1n) is 7.21. The Hall–Kier alpha value is -1.89. The lowest BCUT2D eigenvalue weighted by Gasteiger charge is -2.34. The summed E-state index contributed by atoms with van der Waals surface area (Å²) < 4.78 is 4.92. The zero-order valence-electron chi connectivity index (χ0n) is 12.7. The molecule has 0 aliphatic carbocycles. The third kappa shape index (κ3) is 3.81. The van der Waals surface area contributed by atoms with E-state index in [4.69, 9.17) is 4.52 Å². The fourth-order valence-corrected chi connectivity index (χ4v) is 2.57. The van der Waals surface area contributed by atoms with E-state index in [0.717, 1.165) is 25.9 Å². The second-order valence-corrected chi connectivity index (χ2v) is 5.41. The summed E-state index contributed by atoms with van der Waals surface area (Å²) in [7, 11) is 1.66. The van der Waals surface area contributed by atoms with Gasteiger partial charge in [0.05, 0.1) is 6.04 Å². The Morgan fingerprint density at radius 2 is 2.10 bits per heavy atom. The summed E-state index contributed by atoms with van der Waals surface area (Å²) in [5.41, 5.74) is 0. The molecule has 7 nitrogen and oxygen atoms in total. The Kier molecular flexibility index (Phi) is 4.95. The smallest absolute Gasteiger partial charge is 0.242 e. The highest BCUT2D eigenvalue weighted by molar-refractivity contribution is 5.93. The molecule has 116 valence electrons. The number of nitrogens with zero attached hydrogens (tertiary/aromatic N) is 2. The summed E-state index contributed by atoms with van der Waals surface area (Å²) in [6.07, 6.45) is 1.56. The maximum atomic E-state index is 12.2.